The minimum Gasteiger partial charge on any atom is -0.465 e. The van der Waals surface area contributed by atoms with E-state index in [0.717, 1.165) is 18.7 Å². The number of nitrogens with one attached hydrogen (secondary N) is 1. The van der Waals surface area contributed by atoms with Gasteiger partial charge in [-0.05, 0) is 54.4 Å². The van der Waals surface area contributed by atoms with Gasteiger partial charge in [0.05, 0.1) is 24.6 Å². The van der Waals surface area contributed by atoms with E-state index in [2.05, 4.69) is 20.2 Å². The van der Waals surface area contributed by atoms with Crippen LogP contribution in [0.1, 0.15) is 26.4 Å². The number of amides is 1. The molecular weight excluding hydrogens is 368 g/mol. The van der Waals surface area contributed by atoms with E-state index in [-0.39, 0.29) is 5.91 Å². The smallest absolute Gasteiger partial charge is 0.337 e. The van der Waals surface area contributed by atoms with Crippen LogP contribution < -0.4 is 10.2 Å². The van der Waals surface area contributed by atoms with Crippen LogP contribution in [0.15, 0.2) is 67.1 Å². The van der Waals surface area contributed by atoms with Crippen molar-refractivity contribution in [3.8, 4) is 0 Å². The summed E-state index contributed by atoms with van der Waals surface area (Å²) >= 11 is 0. The fourth-order valence-corrected chi connectivity index (χ4v) is 2.76. The predicted octanol–water partition coefficient (Wildman–Crippen LogP) is 3.19. The largest absolute Gasteiger partial charge is 0.465 e. The van der Waals surface area contributed by atoms with E-state index in [9.17, 15) is 9.59 Å². The molecule has 7 heteroatoms. The third-order valence-electron chi connectivity index (χ3n) is 4.45. The standard InChI is InChI=1S/C22H22N4O3/c1-26(13-10-16-8-11-23-12-9-16)19-6-7-20(24-15-19)21(27)25-18-5-3-4-17(14-18)22(28)29-2/h3-9,11-12,14-15H,10,13H2,1-2H3,(H,25,27). The summed E-state index contributed by atoms with van der Waals surface area (Å²) in [4.78, 5) is 34.4. The van der Waals surface area contributed by atoms with Gasteiger partial charge in [-0.2, -0.15) is 0 Å². The van der Waals surface area contributed by atoms with Gasteiger partial charge in [-0.15, -0.1) is 0 Å². The van der Waals surface area contributed by atoms with Crippen LogP contribution in [-0.2, 0) is 11.2 Å². The number of benzene rings is 1. The number of pyridine rings is 2. The van der Waals surface area contributed by atoms with Crippen molar-refractivity contribution in [3.63, 3.8) is 0 Å². The molecule has 0 bridgehead atoms. The molecular formula is C22H22N4O3. The molecule has 2 heterocycles. The lowest BCUT2D eigenvalue weighted by atomic mass is 10.2. The number of likely N-dealkylation sites (N-methyl/N-ethyl adjacent to an activating group) is 1. The van der Waals surface area contributed by atoms with Gasteiger partial charge >= 0.3 is 5.97 Å². The molecule has 0 saturated carbocycles. The number of aromatic nitrogens is 2. The first kappa shape index (κ1) is 20.0. The van der Waals surface area contributed by atoms with E-state index in [4.69, 9.17) is 4.74 Å². The molecule has 7 nitrogen and oxygen atoms in total. The van der Waals surface area contributed by atoms with Crippen LogP contribution in [0.5, 0.6) is 0 Å². The van der Waals surface area contributed by atoms with Crippen molar-refractivity contribution in [1.82, 2.24) is 9.97 Å². The second-order valence-corrected chi connectivity index (χ2v) is 6.46. The topological polar surface area (TPSA) is 84.4 Å². The molecule has 3 rings (SSSR count). The Bertz CT molecular complexity index is 975. The SMILES string of the molecule is COC(=O)c1cccc(NC(=O)c2ccc(N(C)CCc3ccncc3)cn2)c1. The van der Waals surface area contributed by atoms with Crippen molar-refractivity contribution in [1.29, 1.82) is 0 Å². The van der Waals surface area contributed by atoms with Crippen molar-refractivity contribution in [2.24, 2.45) is 0 Å². The van der Waals surface area contributed by atoms with E-state index in [1.807, 2.05) is 25.2 Å². The zero-order valence-electron chi connectivity index (χ0n) is 16.3. The average molecular weight is 390 g/mol. The van der Waals surface area contributed by atoms with Gasteiger partial charge in [-0.3, -0.25) is 9.78 Å². The minimum atomic E-state index is -0.460. The average Bonchev–Trinajstić information content (AvgIpc) is 2.78. The van der Waals surface area contributed by atoms with Crippen LogP contribution in [0.3, 0.4) is 0 Å². The first-order valence-electron chi connectivity index (χ1n) is 9.12. The number of hydrogen-bond acceptors (Lipinski definition) is 6. The maximum atomic E-state index is 12.4. The van der Waals surface area contributed by atoms with Crippen molar-refractivity contribution in [3.05, 3.63) is 83.9 Å². The number of hydrogen-bond donors (Lipinski definition) is 1. The number of rotatable bonds is 7. The Balaban J connectivity index is 1.60. The van der Waals surface area contributed by atoms with Crippen LogP contribution in [0.2, 0.25) is 0 Å². The Morgan fingerprint density at radius 1 is 1.10 bits per heavy atom. The fourth-order valence-electron chi connectivity index (χ4n) is 2.76. The molecule has 3 aromatic rings. The van der Waals surface area contributed by atoms with Crippen molar-refractivity contribution in [2.75, 3.05) is 30.9 Å². The van der Waals surface area contributed by atoms with Gasteiger partial charge in [-0.1, -0.05) is 6.07 Å². The molecule has 1 N–H and O–H groups in total. The second kappa shape index (κ2) is 9.45. The molecule has 0 atom stereocenters. The second-order valence-electron chi connectivity index (χ2n) is 6.46. The molecule has 0 spiro atoms. The highest BCUT2D eigenvalue weighted by atomic mass is 16.5. The summed E-state index contributed by atoms with van der Waals surface area (Å²) in [6.45, 7) is 0.817. The molecule has 0 aliphatic carbocycles. The van der Waals surface area contributed by atoms with E-state index in [1.165, 1.54) is 12.7 Å². The van der Waals surface area contributed by atoms with E-state index >= 15 is 0 Å². The summed E-state index contributed by atoms with van der Waals surface area (Å²) in [6.07, 6.45) is 6.13. The van der Waals surface area contributed by atoms with Crippen molar-refractivity contribution < 1.29 is 14.3 Å². The zero-order chi connectivity index (χ0) is 20.6. The molecule has 0 unspecified atom stereocenters. The Hall–Kier alpha value is -3.74. The van der Waals surface area contributed by atoms with Crippen LogP contribution in [-0.4, -0.2) is 42.5 Å². The predicted molar refractivity (Wildman–Crippen MR) is 111 cm³/mol. The van der Waals surface area contributed by atoms with Gasteiger partial charge in [-0.25, -0.2) is 9.78 Å². The summed E-state index contributed by atoms with van der Waals surface area (Å²) in [7, 11) is 3.30. The van der Waals surface area contributed by atoms with Gasteiger partial charge in [0, 0.05) is 31.7 Å². The highest BCUT2D eigenvalue weighted by Gasteiger charge is 2.11. The Morgan fingerprint density at radius 2 is 1.90 bits per heavy atom. The fraction of sp³-hybridized carbons (Fsp3) is 0.182. The summed E-state index contributed by atoms with van der Waals surface area (Å²) < 4.78 is 4.69. The molecule has 0 aliphatic rings. The number of esters is 1. The van der Waals surface area contributed by atoms with Crippen LogP contribution in [0.4, 0.5) is 11.4 Å². The van der Waals surface area contributed by atoms with Gasteiger partial charge in [0.25, 0.3) is 5.91 Å². The number of nitrogens with zero attached hydrogens (tertiary/aromatic N) is 3. The molecule has 2 aromatic heterocycles. The highest BCUT2D eigenvalue weighted by molar-refractivity contribution is 6.03. The summed E-state index contributed by atoms with van der Waals surface area (Å²) in [6, 6.07) is 14.1. The third-order valence-corrected chi connectivity index (χ3v) is 4.45. The summed E-state index contributed by atoms with van der Waals surface area (Å²) in [5.74, 6) is -0.809. The monoisotopic (exact) mass is 390 g/mol. The molecule has 0 radical (unpaired) electrons. The van der Waals surface area contributed by atoms with E-state index in [1.54, 1.807) is 48.9 Å². The Kier molecular flexibility index (Phi) is 6.52. The van der Waals surface area contributed by atoms with E-state index < -0.39 is 5.97 Å². The van der Waals surface area contributed by atoms with Crippen LogP contribution in [0.25, 0.3) is 0 Å². The molecule has 0 saturated heterocycles. The molecule has 148 valence electrons. The number of methoxy groups -OCH3 is 1. The molecule has 1 amide bonds. The zero-order valence-corrected chi connectivity index (χ0v) is 16.3. The molecule has 29 heavy (non-hydrogen) atoms. The van der Waals surface area contributed by atoms with Crippen LogP contribution in [0, 0.1) is 0 Å². The quantitative estimate of drug-likeness (QED) is 0.624. The first-order valence-corrected chi connectivity index (χ1v) is 9.12. The Morgan fingerprint density at radius 3 is 2.59 bits per heavy atom. The maximum Gasteiger partial charge on any atom is 0.337 e. The highest BCUT2D eigenvalue weighted by Crippen LogP contribution is 2.15. The summed E-state index contributed by atoms with van der Waals surface area (Å²) in [5.41, 5.74) is 3.29. The normalized spacial score (nSPS) is 10.3. The minimum absolute atomic E-state index is 0.291. The molecule has 0 fully saturated rings. The number of carbonyl (C=O) groups is 2. The van der Waals surface area contributed by atoms with Gasteiger partial charge in [0.1, 0.15) is 5.69 Å². The lowest BCUT2D eigenvalue weighted by Crippen LogP contribution is -2.21. The number of carbonyl (C=O) groups excluding carboxylic acids is 2. The van der Waals surface area contributed by atoms with Gasteiger partial charge < -0.3 is 15.0 Å². The number of anilines is 2. The third kappa shape index (κ3) is 5.38. The van der Waals surface area contributed by atoms with Crippen molar-refractivity contribution >= 4 is 23.3 Å². The molecule has 0 aliphatic heterocycles. The first-order chi connectivity index (χ1) is 14.1. The maximum absolute atomic E-state index is 12.4. The van der Waals surface area contributed by atoms with Crippen LogP contribution >= 0.6 is 0 Å². The van der Waals surface area contributed by atoms with Crippen molar-refractivity contribution in [2.45, 2.75) is 6.42 Å². The van der Waals surface area contributed by atoms with Gasteiger partial charge in [0.15, 0.2) is 0 Å². The lowest BCUT2D eigenvalue weighted by Gasteiger charge is -2.19. The number of ether oxygens (including phenoxy) is 1. The Labute approximate surface area is 169 Å². The summed E-state index contributed by atoms with van der Waals surface area (Å²) in [5, 5.41) is 2.74. The van der Waals surface area contributed by atoms with Gasteiger partial charge in [0.2, 0.25) is 0 Å². The molecule has 1 aromatic carbocycles. The van der Waals surface area contributed by atoms with E-state index in [0.29, 0.717) is 16.9 Å². The lowest BCUT2D eigenvalue weighted by molar-refractivity contribution is 0.0600.